The molecule has 0 amide bonds. The van der Waals surface area contributed by atoms with E-state index in [1.165, 1.54) is 11.5 Å². The summed E-state index contributed by atoms with van der Waals surface area (Å²) >= 11 is 7.67. The molecule has 18 heavy (non-hydrogen) atoms. The summed E-state index contributed by atoms with van der Waals surface area (Å²) in [5.74, 6) is 0. The molecule has 0 aliphatic heterocycles. The summed E-state index contributed by atoms with van der Waals surface area (Å²) in [6, 6.07) is 0.114. The molecule has 1 unspecified atom stereocenters. The Labute approximate surface area is 115 Å². The molecule has 5 nitrogen and oxygen atoms in total. The van der Waals surface area contributed by atoms with Gasteiger partial charge in [-0.05, 0) is 32.4 Å². The van der Waals surface area contributed by atoms with Gasteiger partial charge in [0.05, 0.1) is 28.1 Å². The molecular formula is C11H16ClN5S. The fraction of sp³-hybridized carbons (Fsp3) is 0.545. The van der Waals surface area contributed by atoms with Crippen molar-refractivity contribution in [3.05, 3.63) is 27.5 Å². The number of nitrogens with zero attached hydrogens (tertiary/aromatic N) is 4. The normalized spacial score (nSPS) is 12.9. The Morgan fingerprint density at radius 3 is 2.89 bits per heavy atom. The second-order valence-corrected chi connectivity index (χ2v) is 5.02. The summed E-state index contributed by atoms with van der Waals surface area (Å²) in [6.45, 7) is 4.80. The van der Waals surface area contributed by atoms with E-state index in [4.69, 9.17) is 11.6 Å². The fourth-order valence-electron chi connectivity index (χ4n) is 1.94. The van der Waals surface area contributed by atoms with Gasteiger partial charge in [0, 0.05) is 18.3 Å². The lowest BCUT2D eigenvalue weighted by Crippen LogP contribution is -2.21. The van der Waals surface area contributed by atoms with Gasteiger partial charge in [0.1, 0.15) is 0 Å². The molecule has 0 aliphatic carbocycles. The van der Waals surface area contributed by atoms with Crippen LogP contribution in [0.1, 0.15) is 30.0 Å². The first-order valence-electron chi connectivity index (χ1n) is 5.83. The van der Waals surface area contributed by atoms with Crippen LogP contribution in [0.25, 0.3) is 0 Å². The van der Waals surface area contributed by atoms with Crippen LogP contribution in [0.3, 0.4) is 0 Å². The Morgan fingerprint density at radius 2 is 2.33 bits per heavy atom. The lowest BCUT2D eigenvalue weighted by Gasteiger charge is -2.14. The molecule has 0 aliphatic rings. The summed E-state index contributed by atoms with van der Waals surface area (Å²) in [7, 11) is 1.91. The molecule has 0 spiro atoms. The van der Waals surface area contributed by atoms with Gasteiger partial charge in [-0.2, -0.15) is 5.10 Å². The van der Waals surface area contributed by atoms with E-state index in [2.05, 4.69) is 26.9 Å². The molecule has 98 valence electrons. The molecule has 2 aromatic heterocycles. The van der Waals surface area contributed by atoms with Crippen LogP contribution >= 0.6 is 23.1 Å². The van der Waals surface area contributed by atoms with E-state index in [9.17, 15) is 0 Å². The van der Waals surface area contributed by atoms with Crippen molar-refractivity contribution in [2.45, 2.75) is 32.9 Å². The zero-order chi connectivity index (χ0) is 13.1. The second-order valence-electron chi connectivity index (χ2n) is 4.04. The van der Waals surface area contributed by atoms with Crippen LogP contribution in [-0.2, 0) is 13.0 Å². The first kappa shape index (κ1) is 13.5. The highest BCUT2D eigenvalue weighted by molar-refractivity contribution is 7.03. The van der Waals surface area contributed by atoms with Gasteiger partial charge in [0.2, 0.25) is 0 Å². The predicted molar refractivity (Wildman–Crippen MR) is 73.1 cm³/mol. The van der Waals surface area contributed by atoms with Crippen molar-refractivity contribution >= 4 is 23.1 Å². The van der Waals surface area contributed by atoms with Gasteiger partial charge >= 0.3 is 0 Å². The fourth-order valence-corrected chi connectivity index (χ4v) is 2.66. The molecule has 0 aromatic carbocycles. The van der Waals surface area contributed by atoms with Crippen LogP contribution in [0.15, 0.2) is 5.38 Å². The highest BCUT2D eigenvalue weighted by Gasteiger charge is 2.19. The van der Waals surface area contributed by atoms with Crippen molar-refractivity contribution in [3.8, 4) is 0 Å². The maximum atomic E-state index is 6.31. The largest absolute Gasteiger partial charge is 0.311 e. The van der Waals surface area contributed by atoms with Crippen LogP contribution in [0.2, 0.25) is 5.02 Å². The van der Waals surface area contributed by atoms with E-state index in [-0.39, 0.29) is 6.04 Å². The Morgan fingerprint density at radius 1 is 1.56 bits per heavy atom. The molecule has 1 atom stereocenters. The number of rotatable bonds is 5. The molecular weight excluding hydrogens is 270 g/mol. The second kappa shape index (κ2) is 5.77. The lowest BCUT2D eigenvalue weighted by molar-refractivity contribution is 0.531. The summed E-state index contributed by atoms with van der Waals surface area (Å²) in [6.07, 6.45) is 0.759. The van der Waals surface area contributed by atoms with Gasteiger partial charge in [-0.15, -0.1) is 5.10 Å². The smallest absolute Gasteiger partial charge is 0.0928 e. The van der Waals surface area contributed by atoms with Crippen molar-refractivity contribution in [1.82, 2.24) is 24.7 Å². The first-order chi connectivity index (χ1) is 8.67. The predicted octanol–water partition coefficient (Wildman–Crippen LogP) is 2.22. The van der Waals surface area contributed by atoms with Crippen LogP contribution in [-0.4, -0.2) is 26.4 Å². The Bertz CT molecular complexity index is 508. The topological polar surface area (TPSA) is 55.6 Å². The maximum absolute atomic E-state index is 6.31. The standard InChI is InChI=1S/C11H16ClN5S/c1-4-17-10(11(12)7(2)15-17)5-8(13-3)9-6-18-16-14-9/h6,8,13H,4-5H2,1-3H3. The molecule has 0 bridgehead atoms. The Kier molecular flexibility index (Phi) is 4.31. The third kappa shape index (κ3) is 2.55. The van der Waals surface area contributed by atoms with Crippen LogP contribution < -0.4 is 5.32 Å². The number of aryl methyl sites for hydroxylation is 2. The van der Waals surface area contributed by atoms with Gasteiger partial charge in [-0.1, -0.05) is 16.1 Å². The van der Waals surface area contributed by atoms with E-state index in [1.54, 1.807) is 0 Å². The minimum atomic E-state index is 0.114. The van der Waals surface area contributed by atoms with Gasteiger partial charge in [0.25, 0.3) is 0 Å². The summed E-state index contributed by atoms with van der Waals surface area (Å²) < 4.78 is 5.85. The number of hydrogen-bond acceptors (Lipinski definition) is 5. The quantitative estimate of drug-likeness (QED) is 0.915. The van der Waals surface area contributed by atoms with Crippen molar-refractivity contribution in [2.75, 3.05) is 7.05 Å². The van der Waals surface area contributed by atoms with Crippen molar-refractivity contribution < 1.29 is 0 Å². The minimum Gasteiger partial charge on any atom is -0.311 e. The maximum Gasteiger partial charge on any atom is 0.0928 e. The number of nitrogens with one attached hydrogen (secondary N) is 1. The SMILES string of the molecule is CCn1nc(C)c(Cl)c1CC(NC)c1csnn1. The number of halogens is 1. The van der Waals surface area contributed by atoms with Crippen molar-refractivity contribution in [3.63, 3.8) is 0 Å². The summed E-state index contributed by atoms with van der Waals surface area (Å²) in [5, 5.41) is 14.5. The van der Waals surface area contributed by atoms with E-state index in [1.807, 2.05) is 24.0 Å². The molecule has 0 saturated carbocycles. The average Bonchev–Trinajstić information content (AvgIpc) is 2.98. The van der Waals surface area contributed by atoms with E-state index in [0.29, 0.717) is 0 Å². The molecule has 0 saturated heterocycles. The molecule has 2 heterocycles. The highest BCUT2D eigenvalue weighted by atomic mass is 35.5. The third-order valence-electron chi connectivity index (χ3n) is 2.93. The highest BCUT2D eigenvalue weighted by Crippen LogP contribution is 2.25. The molecule has 2 aromatic rings. The summed E-state index contributed by atoms with van der Waals surface area (Å²) in [5.41, 5.74) is 2.86. The van der Waals surface area contributed by atoms with Crippen molar-refractivity contribution in [1.29, 1.82) is 0 Å². The van der Waals surface area contributed by atoms with Crippen molar-refractivity contribution in [2.24, 2.45) is 0 Å². The zero-order valence-electron chi connectivity index (χ0n) is 10.6. The lowest BCUT2D eigenvalue weighted by atomic mass is 10.1. The Balaban J connectivity index is 2.27. The van der Waals surface area contributed by atoms with Crippen LogP contribution in [0.5, 0.6) is 0 Å². The Hall–Kier alpha value is -0.980. The van der Waals surface area contributed by atoms with Gasteiger partial charge in [-0.3, -0.25) is 4.68 Å². The van der Waals surface area contributed by atoms with E-state index < -0.39 is 0 Å². The van der Waals surface area contributed by atoms with E-state index >= 15 is 0 Å². The monoisotopic (exact) mass is 285 g/mol. The first-order valence-corrected chi connectivity index (χ1v) is 7.04. The third-order valence-corrected chi connectivity index (χ3v) is 3.95. The van der Waals surface area contributed by atoms with Crippen LogP contribution in [0.4, 0.5) is 0 Å². The van der Waals surface area contributed by atoms with Gasteiger partial charge in [0.15, 0.2) is 0 Å². The number of aromatic nitrogens is 4. The van der Waals surface area contributed by atoms with E-state index in [0.717, 1.165) is 35.1 Å². The van der Waals surface area contributed by atoms with Crippen LogP contribution in [0, 0.1) is 6.92 Å². The molecule has 0 fully saturated rings. The molecule has 7 heteroatoms. The van der Waals surface area contributed by atoms with Gasteiger partial charge in [-0.25, -0.2) is 0 Å². The minimum absolute atomic E-state index is 0.114. The molecule has 1 N–H and O–H groups in total. The number of hydrogen-bond donors (Lipinski definition) is 1. The average molecular weight is 286 g/mol. The molecule has 2 rings (SSSR count). The zero-order valence-corrected chi connectivity index (χ0v) is 12.2. The summed E-state index contributed by atoms with van der Waals surface area (Å²) in [4.78, 5) is 0. The molecule has 0 radical (unpaired) electrons. The number of likely N-dealkylation sites (N-methyl/N-ethyl adjacent to an activating group) is 1. The van der Waals surface area contributed by atoms with Gasteiger partial charge < -0.3 is 5.32 Å².